The summed E-state index contributed by atoms with van der Waals surface area (Å²) >= 11 is 0. The number of amides is 1. The Morgan fingerprint density at radius 1 is 1.39 bits per heavy atom. The van der Waals surface area contributed by atoms with Gasteiger partial charge in [0.05, 0.1) is 5.69 Å². The summed E-state index contributed by atoms with van der Waals surface area (Å²) in [6, 6.07) is 2.58. The number of halogens is 2. The Kier molecular flexibility index (Phi) is 4.92. The Bertz CT molecular complexity index is 765. The average Bonchev–Trinajstić information content (AvgIpc) is 2.79. The Balaban J connectivity index is 2.29. The third-order valence-corrected chi connectivity index (χ3v) is 3.04. The van der Waals surface area contributed by atoms with Crippen LogP contribution in [0.5, 0.6) is 0 Å². The molecular formula is C15H18F2N4O2. The number of hydrogen-bond acceptors (Lipinski definition) is 3. The molecule has 2 N–H and O–H groups in total. The number of aryl methyl sites for hydroxylation is 1. The molecule has 2 aromatic heterocycles. The Labute approximate surface area is 131 Å². The lowest BCUT2D eigenvalue weighted by atomic mass is 10.2. The van der Waals surface area contributed by atoms with Crippen molar-refractivity contribution in [2.75, 3.05) is 5.32 Å². The molecule has 0 atom stereocenters. The number of nitrogens with zero attached hydrogens (tertiary/aromatic N) is 2. The highest BCUT2D eigenvalue weighted by Gasteiger charge is 2.21. The molecule has 0 aromatic carbocycles. The van der Waals surface area contributed by atoms with E-state index in [-0.39, 0.29) is 17.2 Å². The minimum Gasteiger partial charge on any atom is -0.326 e. The van der Waals surface area contributed by atoms with E-state index < -0.39 is 23.6 Å². The predicted octanol–water partition coefficient (Wildman–Crippen LogP) is 2.73. The fourth-order valence-corrected chi connectivity index (χ4v) is 2.17. The largest absolute Gasteiger partial charge is 0.326 e. The van der Waals surface area contributed by atoms with Gasteiger partial charge < -0.3 is 10.3 Å². The SMILES string of the molecule is Cc1cc(C(=O)Nc2cn(CC(C)C)nc2C(F)F)cc(=O)[nH]1. The van der Waals surface area contributed by atoms with Gasteiger partial charge in [-0.15, -0.1) is 0 Å². The Hall–Kier alpha value is -2.51. The fourth-order valence-electron chi connectivity index (χ4n) is 2.17. The van der Waals surface area contributed by atoms with Gasteiger partial charge in [-0.2, -0.15) is 5.10 Å². The van der Waals surface area contributed by atoms with Gasteiger partial charge in [-0.25, -0.2) is 8.78 Å². The summed E-state index contributed by atoms with van der Waals surface area (Å²) in [6.07, 6.45) is -1.43. The van der Waals surface area contributed by atoms with Crippen LogP contribution in [0.4, 0.5) is 14.5 Å². The molecule has 124 valence electrons. The summed E-state index contributed by atoms with van der Waals surface area (Å²) in [5.41, 5.74) is -0.362. The second-order valence-corrected chi connectivity index (χ2v) is 5.72. The van der Waals surface area contributed by atoms with Gasteiger partial charge in [0.1, 0.15) is 0 Å². The van der Waals surface area contributed by atoms with Crippen LogP contribution in [0.15, 0.2) is 23.1 Å². The quantitative estimate of drug-likeness (QED) is 0.887. The maximum absolute atomic E-state index is 13.1. The van der Waals surface area contributed by atoms with Crippen molar-refractivity contribution in [1.82, 2.24) is 14.8 Å². The van der Waals surface area contributed by atoms with Gasteiger partial charge in [0.2, 0.25) is 5.56 Å². The molecule has 0 unspecified atom stereocenters. The van der Waals surface area contributed by atoms with Gasteiger partial charge in [0.25, 0.3) is 12.3 Å². The van der Waals surface area contributed by atoms with Crippen LogP contribution in [0.1, 0.15) is 42.0 Å². The van der Waals surface area contributed by atoms with Crippen molar-refractivity contribution in [2.24, 2.45) is 5.92 Å². The van der Waals surface area contributed by atoms with Gasteiger partial charge in [0, 0.05) is 30.1 Å². The molecule has 2 rings (SSSR count). The molecule has 0 saturated carbocycles. The second-order valence-electron chi connectivity index (χ2n) is 5.72. The van der Waals surface area contributed by atoms with E-state index in [1.165, 1.54) is 16.9 Å². The molecule has 0 spiro atoms. The first-order chi connectivity index (χ1) is 10.8. The Morgan fingerprint density at radius 3 is 2.65 bits per heavy atom. The molecule has 6 nitrogen and oxygen atoms in total. The lowest BCUT2D eigenvalue weighted by molar-refractivity contribution is 0.102. The van der Waals surface area contributed by atoms with E-state index >= 15 is 0 Å². The van der Waals surface area contributed by atoms with Crippen molar-refractivity contribution < 1.29 is 13.6 Å². The standard InChI is InChI=1S/C15H18F2N4O2/c1-8(2)6-21-7-11(13(20-21)14(16)17)19-15(23)10-4-9(3)18-12(22)5-10/h4-5,7-8,14H,6H2,1-3H3,(H,18,22)(H,19,23). The number of H-pyrrole nitrogens is 1. The van der Waals surface area contributed by atoms with Crippen LogP contribution in [-0.4, -0.2) is 20.7 Å². The van der Waals surface area contributed by atoms with Crippen LogP contribution in [0.2, 0.25) is 0 Å². The zero-order chi connectivity index (χ0) is 17.1. The fraction of sp³-hybridized carbons (Fsp3) is 0.400. The molecule has 0 fully saturated rings. The number of nitrogens with one attached hydrogen (secondary N) is 2. The van der Waals surface area contributed by atoms with E-state index in [0.29, 0.717) is 12.2 Å². The van der Waals surface area contributed by atoms with Crippen LogP contribution in [0, 0.1) is 12.8 Å². The monoisotopic (exact) mass is 324 g/mol. The molecule has 0 aliphatic heterocycles. The first-order valence-corrected chi connectivity index (χ1v) is 7.14. The van der Waals surface area contributed by atoms with Crippen molar-refractivity contribution in [1.29, 1.82) is 0 Å². The molecule has 0 aliphatic carbocycles. The topological polar surface area (TPSA) is 79.8 Å². The first kappa shape index (κ1) is 16.9. The third-order valence-electron chi connectivity index (χ3n) is 3.04. The van der Waals surface area contributed by atoms with Crippen molar-refractivity contribution in [2.45, 2.75) is 33.7 Å². The van der Waals surface area contributed by atoms with E-state index in [1.54, 1.807) is 6.92 Å². The number of carbonyl (C=O) groups excluding carboxylic acids is 1. The number of rotatable bonds is 5. The van der Waals surface area contributed by atoms with Gasteiger partial charge in [-0.1, -0.05) is 13.8 Å². The van der Waals surface area contributed by atoms with E-state index in [9.17, 15) is 18.4 Å². The lowest BCUT2D eigenvalue weighted by Gasteiger charge is -2.05. The molecule has 2 heterocycles. The van der Waals surface area contributed by atoms with E-state index in [0.717, 1.165) is 6.07 Å². The predicted molar refractivity (Wildman–Crippen MR) is 81.8 cm³/mol. The number of hydrogen-bond donors (Lipinski definition) is 2. The van der Waals surface area contributed by atoms with Crippen LogP contribution >= 0.6 is 0 Å². The van der Waals surface area contributed by atoms with Gasteiger partial charge >= 0.3 is 0 Å². The molecule has 0 bridgehead atoms. The number of anilines is 1. The van der Waals surface area contributed by atoms with E-state index in [1.807, 2.05) is 13.8 Å². The summed E-state index contributed by atoms with van der Waals surface area (Å²) in [6.45, 7) is 5.95. The number of carbonyl (C=O) groups is 1. The van der Waals surface area contributed by atoms with Crippen LogP contribution in [-0.2, 0) is 6.54 Å². The maximum atomic E-state index is 13.1. The molecule has 0 radical (unpaired) electrons. The third kappa shape index (κ3) is 4.24. The maximum Gasteiger partial charge on any atom is 0.284 e. The summed E-state index contributed by atoms with van der Waals surface area (Å²) in [4.78, 5) is 26.1. The number of pyridine rings is 1. The Morgan fingerprint density at radius 2 is 2.09 bits per heavy atom. The summed E-state index contributed by atoms with van der Waals surface area (Å²) in [7, 11) is 0. The molecular weight excluding hydrogens is 306 g/mol. The van der Waals surface area contributed by atoms with Gasteiger partial charge in [-0.05, 0) is 18.9 Å². The minimum atomic E-state index is -2.81. The molecule has 23 heavy (non-hydrogen) atoms. The van der Waals surface area contributed by atoms with E-state index in [2.05, 4.69) is 15.4 Å². The van der Waals surface area contributed by atoms with Crippen LogP contribution < -0.4 is 10.9 Å². The van der Waals surface area contributed by atoms with Gasteiger partial charge in [0.15, 0.2) is 5.69 Å². The van der Waals surface area contributed by atoms with Crippen molar-refractivity contribution in [3.63, 3.8) is 0 Å². The van der Waals surface area contributed by atoms with E-state index in [4.69, 9.17) is 0 Å². The summed E-state index contributed by atoms with van der Waals surface area (Å²) < 4.78 is 27.5. The zero-order valence-corrected chi connectivity index (χ0v) is 13.1. The van der Waals surface area contributed by atoms with Crippen LogP contribution in [0.3, 0.4) is 0 Å². The van der Waals surface area contributed by atoms with Gasteiger partial charge in [-0.3, -0.25) is 14.3 Å². The summed E-state index contributed by atoms with van der Waals surface area (Å²) in [5.74, 6) is -0.412. The highest BCUT2D eigenvalue weighted by Crippen LogP contribution is 2.26. The van der Waals surface area contributed by atoms with Crippen molar-refractivity contribution in [3.05, 3.63) is 45.6 Å². The molecule has 1 amide bonds. The molecule has 0 aliphatic rings. The average molecular weight is 324 g/mol. The van der Waals surface area contributed by atoms with Crippen LogP contribution in [0.25, 0.3) is 0 Å². The second kappa shape index (κ2) is 6.72. The van der Waals surface area contributed by atoms with Crippen molar-refractivity contribution in [3.8, 4) is 0 Å². The molecule has 0 saturated heterocycles. The molecule has 8 heteroatoms. The number of alkyl halides is 2. The highest BCUT2D eigenvalue weighted by molar-refractivity contribution is 6.04. The molecule has 2 aromatic rings. The smallest absolute Gasteiger partial charge is 0.284 e. The number of aromatic nitrogens is 3. The first-order valence-electron chi connectivity index (χ1n) is 7.14. The highest BCUT2D eigenvalue weighted by atomic mass is 19.3. The number of aromatic amines is 1. The minimum absolute atomic E-state index is 0.0522. The van der Waals surface area contributed by atoms with Crippen molar-refractivity contribution >= 4 is 11.6 Å². The normalized spacial score (nSPS) is 11.3. The lowest BCUT2D eigenvalue weighted by Crippen LogP contribution is -2.17. The summed E-state index contributed by atoms with van der Waals surface area (Å²) in [5, 5.41) is 6.22. The zero-order valence-electron chi connectivity index (χ0n) is 13.1.